The number of hydrogen-bond donors (Lipinski definition) is 1. The Hall–Kier alpha value is -3.40. The van der Waals surface area contributed by atoms with Crippen LogP contribution in [0.3, 0.4) is 0 Å². The molecule has 2 amide bonds. The second-order valence-electron chi connectivity index (χ2n) is 5.61. The highest BCUT2D eigenvalue weighted by atomic mass is 16.6. The number of carbonyl (C=O) groups is 2. The molecule has 0 saturated carbocycles. The summed E-state index contributed by atoms with van der Waals surface area (Å²) in [5.74, 6) is -0.279. The number of hydrogen-bond acceptors (Lipinski definition) is 5. The Kier molecular flexibility index (Phi) is 4.90. The van der Waals surface area contributed by atoms with Crippen molar-refractivity contribution in [3.8, 4) is 6.07 Å². The van der Waals surface area contributed by atoms with Crippen LogP contribution in [0.2, 0.25) is 0 Å². The third kappa shape index (κ3) is 3.93. The number of nitrogens with zero attached hydrogens (tertiary/aromatic N) is 3. The summed E-state index contributed by atoms with van der Waals surface area (Å²) in [7, 11) is 0. The quantitative estimate of drug-likeness (QED) is 0.894. The lowest BCUT2D eigenvalue weighted by Crippen LogP contribution is -2.45. The first-order valence-electron chi connectivity index (χ1n) is 7.76. The van der Waals surface area contributed by atoms with Gasteiger partial charge in [0, 0.05) is 18.9 Å². The van der Waals surface area contributed by atoms with Crippen molar-refractivity contribution in [2.45, 2.75) is 19.1 Å². The van der Waals surface area contributed by atoms with Gasteiger partial charge in [-0.1, -0.05) is 12.1 Å². The lowest BCUT2D eigenvalue weighted by atomic mass is 10.1. The van der Waals surface area contributed by atoms with Gasteiger partial charge in [0.05, 0.1) is 18.2 Å². The highest BCUT2D eigenvalue weighted by molar-refractivity contribution is 5.87. The minimum Gasteiger partial charge on any atom is -0.447 e. The average Bonchev–Trinajstić information content (AvgIpc) is 3.01. The number of cyclic esters (lactones) is 1. The number of ether oxygens (including phenoxy) is 1. The second kappa shape index (κ2) is 7.45. The average molecular weight is 336 g/mol. The van der Waals surface area contributed by atoms with Crippen LogP contribution in [0.15, 0.2) is 48.8 Å². The Balaban J connectivity index is 1.66. The van der Waals surface area contributed by atoms with E-state index >= 15 is 0 Å². The van der Waals surface area contributed by atoms with E-state index in [1.165, 1.54) is 4.90 Å². The van der Waals surface area contributed by atoms with Gasteiger partial charge in [0.15, 0.2) is 0 Å². The summed E-state index contributed by atoms with van der Waals surface area (Å²) in [6.07, 6.45) is 2.77. The highest BCUT2D eigenvalue weighted by Gasteiger charge is 2.37. The van der Waals surface area contributed by atoms with Crippen LogP contribution in [0.5, 0.6) is 0 Å². The van der Waals surface area contributed by atoms with Crippen molar-refractivity contribution in [2.75, 3.05) is 6.61 Å². The van der Waals surface area contributed by atoms with Crippen LogP contribution in [0, 0.1) is 11.3 Å². The number of pyridine rings is 1. The van der Waals surface area contributed by atoms with Crippen molar-refractivity contribution in [3.63, 3.8) is 0 Å². The molecule has 0 aliphatic carbocycles. The van der Waals surface area contributed by atoms with Crippen LogP contribution in [0.4, 0.5) is 4.79 Å². The summed E-state index contributed by atoms with van der Waals surface area (Å²) in [4.78, 5) is 29.7. The smallest absolute Gasteiger partial charge is 0.410 e. The van der Waals surface area contributed by atoms with E-state index < -0.39 is 12.1 Å². The van der Waals surface area contributed by atoms with Gasteiger partial charge in [-0.05, 0) is 35.4 Å². The van der Waals surface area contributed by atoms with E-state index in [1.807, 2.05) is 12.1 Å². The number of rotatable bonds is 5. The molecule has 1 aromatic heterocycles. The summed E-state index contributed by atoms with van der Waals surface area (Å²) < 4.78 is 5.03. The van der Waals surface area contributed by atoms with Crippen LogP contribution in [-0.2, 0) is 22.6 Å². The van der Waals surface area contributed by atoms with Crippen molar-refractivity contribution in [1.82, 2.24) is 15.2 Å². The Morgan fingerprint density at radius 1 is 1.32 bits per heavy atom. The topological polar surface area (TPSA) is 95.3 Å². The van der Waals surface area contributed by atoms with Crippen LogP contribution in [0.25, 0.3) is 0 Å². The lowest BCUT2D eigenvalue weighted by molar-refractivity contribution is -0.125. The lowest BCUT2D eigenvalue weighted by Gasteiger charge is -2.21. The van der Waals surface area contributed by atoms with Gasteiger partial charge in [-0.25, -0.2) is 4.79 Å². The van der Waals surface area contributed by atoms with Crippen LogP contribution in [0.1, 0.15) is 16.7 Å². The zero-order valence-corrected chi connectivity index (χ0v) is 13.4. The molecule has 1 aliphatic rings. The maximum absolute atomic E-state index is 12.4. The molecule has 7 heteroatoms. The van der Waals surface area contributed by atoms with Crippen LogP contribution in [-0.4, -0.2) is 34.5 Å². The Bertz CT molecular complexity index is 817. The number of nitrogens with one attached hydrogen (secondary N) is 1. The zero-order chi connectivity index (χ0) is 17.6. The summed E-state index contributed by atoms with van der Waals surface area (Å²) >= 11 is 0. The molecule has 3 rings (SSSR count). The standard InChI is InChI=1S/C18H16N4O3/c19-9-14-2-1-3-15(8-14)11-22-16(12-25-18(22)24)17(23)21-10-13-4-6-20-7-5-13/h1-8,16H,10-12H2,(H,21,23)/t16-/m0/s1. The Labute approximate surface area is 144 Å². The summed E-state index contributed by atoms with van der Waals surface area (Å²) in [6, 6.07) is 11.9. The highest BCUT2D eigenvalue weighted by Crippen LogP contribution is 2.17. The third-order valence-corrected chi connectivity index (χ3v) is 3.90. The monoisotopic (exact) mass is 336 g/mol. The van der Waals surface area contributed by atoms with E-state index in [-0.39, 0.29) is 19.1 Å². The molecular weight excluding hydrogens is 320 g/mol. The summed E-state index contributed by atoms with van der Waals surface area (Å²) in [5, 5.41) is 11.8. The van der Waals surface area contributed by atoms with Gasteiger partial charge in [0.2, 0.25) is 5.91 Å². The molecule has 25 heavy (non-hydrogen) atoms. The van der Waals surface area contributed by atoms with Gasteiger partial charge >= 0.3 is 6.09 Å². The molecule has 7 nitrogen and oxygen atoms in total. The van der Waals surface area contributed by atoms with E-state index in [4.69, 9.17) is 10.00 Å². The SMILES string of the molecule is N#Cc1cccc(CN2C(=O)OC[C@H]2C(=O)NCc2ccncc2)c1. The maximum atomic E-state index is 12.4. The molecule has 1 aliphatic heterocycles. The van der Waals surface area contributed by atoms with Crippen molar-refractivity contribution < 1.29 is 14.3 Å². The predicted molar refractivity (Wildman–Crippen MR) is 87.9 cm³/mol. The fraction of sp³-hybridized carbons (Fsp3) is 0.222. The normalized spacial score (nSPS) is 16.2. The van der Waals surface area contributed by atoms with Gasteiger partial charge in [-0.3, -0.25) is 14.7 Å². The van der Waals surface area contributed by atoms with E-state index in [9.17, 15) is 9.59 Å². The van der Waals surface area contributed by atoms with Gasteiger partial charge in [0.25, 0.3) is 0 Å². The van der Waals surface area contributed by atoms with Crippen LogP contribution < -0.4 is 5.32 Å². The van der Waals surface area contributed by atoms with Crippen molar-refractivity contribution >= 4 is 12.0 Å². The van der Waals surface area contributed by atoms with E-state index in [1.54, 1.807) is 36.7 Å². The van der Waals surface area contributed by atoms with E-state index in [0.717, 1.165) is 11.1 Å². The van der Waals surface area contributed by atoms with Gasteiger partial charge in [-0.15, -0.1) is 0 Å². The number of carbonyl (C=O) groups excluding carboxylic acids is 2. The minimum absolute atomic E-state index is 0.0128. The molecule has 0 spiro atoms. The zero-order valence-electron chi connectivity index (χ0n) is 13.4. The van der Waals surface area contributed by atoms with Crippen molar-refractivity contribution in [3.05, 3.63) is 65.5 Å². The molecule has 0 radical (unpaired) electrons. The first kappa shape index (κ1) is 16.5. The van der Waals surface area contributed by atoms with Gasteiger partial charge < -0.3 is 10.1 Å². The van der Waals surface area contributed by atoms with E-state index in [0.29, 0.717) is 12.1 Å². The molecule has 2 heterocycles. The molecule has 126 valence electrons. The minimum atomic E-state index is -0.694. The van der Waals surface area contributed by atoms with E-state index in [2.05, 4.69) is 16.4 Å². The largest absolute Gasteiger partial charge is 0.447 e. The van der Waals surface area contributed by atoms with Crippen molar-refractivity contribution in [2.24, 2.45) is 0 Å². The fourth-order valence-corrected chi connectivity index (χ4v) is 2.59. The number of aromatic nitrogens is 1. The molecule has 1 aromatic carbocycles. The molecule has 0 unspecified atom stereocenters. The van der Waals surface area contributed by atoms with Gasteiger partial charge in [-0.2, -0.15) is 5.26 Å². The Morgan fingerprint density at radius 2 is 2.12 bits per heavy atom. The fourth-order valence-electron chi connectivity index (χ4n) is 2.59. The number of benzene rings is 1. The first-order chi connectivity index (χ1) is 12.2. The Morgan fingerprint density at radius 3 is 2.88 bits per heavy atom. The summed E-state index contributed by atoms with van der Waals surface area (Å²) in [5.41, 5.74) is 2.19. The molecule has 1 saturated heterocycles. The van der Waals surface area contributed by atoms with Crippen molar-refractivity contribution in [1.29, 1.82) is 5.26 Å². The number of amides is 2. The molecule has 1 atom stereocenters. The number of nitriles is 1. The first-order valence-corrected chi connectivity index (χ1v) is 7.76. The third-order valence-electron chi connectivity index (χ3n) is 3.90. The van der Waals surface area contributed by atoms with Crippen LogP contribution >= 0.6 is 0 Å². The van der Waals surface area contributed by atoms with Gasteiger partial charge in [0.1, 0.15) is 12.6 Å². The second-order valence-corrected chi connectivity index (χ2v) is 5.61. The predicted octanol–water partition coefficient (Wildman–Crippen LogP) is 1.59. The molecule has 1 N–H and O–H groups in total. The molecule has 0 bridgehead atoms. The molecular formula is C18H16N4O3. The maximum Gasteiger partial charge on any atom is 0.410 e. The summed E-state index contributed by atoms with van der Waals surface area (Å²) in [6.45, 7) is 0.574. The molecule has 1 fully saturated rings. The molecule has 2 aromatic rings.